The summed E-state index contributed by atoms with van der Waals surface area (Å²) in [5.74, 6) is 1.81. The Balaban J connectivity index is 2.06. The number of carbonyl (C=O) groups excluding carboxylic acids is 2. The van der Waals surface area contributed by atoms with Crippen molar-refractivity contribution in [3.63, 3.8) is 0 Å². The van der Waals surface area contributed by atoms with E-state index in [4.69, 9.17) is 18.9 Å². The Kier molecular flexibility index (Phi) is 12.2. The lowest BCUT2D eigenvalue weighted by Gasteiger charge is -2.17. The molecule has 212 valence electrons. The van der Waals surface area contributed by atoms with Crippen LogP contribution in [0.25, 0.3) is 12.2 Å². The zero-order chi connectivity index (χ0) is 29.0. The fourth-order valence-electron chi connectivity index (χ4n) is 3.37. The molecular weight excluding hydrogens is 496 g/mol. The van der Waals surface area contributed by atoms with Crippen molar-refractivity contribution in [1.29, 1.82) is 0 Å². The molecule has 0 N–H and O–H groups in total. The Morgan fingerprint density at radius 2 is 1.08 bits per heavy atom. The molecule has 0 spiro atoms. The van der Waals surface area contributed by atoms with Gasteiger partial charge in [-0.1, -0.05) is 24.3 Å². The summed E-state index contributed by atoms with van der Waals surface area (Å²) in [5, 5.41) is 0. The van der Waals surface area contributed by atoms with Gasteiger partial charge in [-0.3, -0.25) is 9.59 Å². The van der Waals surface area contributed by atoms with Crippen molar-refractivity contribution in [2.24, 2.45) is 5.41 Å². The SMILES string of the molecule is COc1cc(/C=C/C(=O)C(C)(C)C(=O)/C=C/c2ccc(OCCN(C)C)c(OC)c2)ccc1OCCN(C)C. The zero-order valence-electron chi connectivity index (χ0n) is 24.4. The third-order valence-electron chi connectivity index (χ3n) is 6.05. The summed E-state index contributed by atoms with van der Waals surface area (Å²) < 4.78 is 22.5. The smallest absolute Gasteiger partial charge is 0.169 e. The number of methoxy groups -OCH3 is 2. The summed E-state index contributed by atoms with van der Waals surface area (Å²) in [6.45, 7) is 5.86. The van der Waals surface area contributed by atoms with Crippen molar-refractivity contribution in [1.82, 2.24) is 9.80 Å². The van der Waals surface area contributed by atoms with E-state index in [-0.39, 0.29) is 11.6 Å². The molecular formula is C31H42N2O6. The van der Waals surface area contributed by atoms with E-state index in [1.807, 2.05) is 62.3 Å². The van der Waals surface area contributed by atoms with Gasteiger partial charge in [0.05, 0.1) is 19.6 Å². The third kappa shape index (κ3) is 9.89. The van der Waals surface area contributed by atoms with Gasteiger partial charge in [0, 0.05) is 13.1 Å². The van der Waals surface area contributed by atoms with Crippen molar-refractivity contribution in [3.8, 4) is 23.0 Å². The molecule has 0 heterocycles. The van der Waals surface area contributed by atoms with Crippen LogP contribution in [0.2, 0.25) is 0 Å². The minimum atomic E-state index is -1.23. The van der Waals surface area contributed by atoms with Crippen LogP contribution in [0.5, 0.6) is 23.0 Å². The molecule has 2 aromatic rings. The fourth-order valence-corrected chi connectivity index (χ4v) is 3.37. The summed E-state index contributed by atoms with van der Waals surface area (Å²) in [6, 6.07) is 10.9. The van der Waals surface area contributed by atoms with Crippen LogP contribution < -0.4 is 18.9 Å². The number of hydrogen-bond donors (Lipinski definition) is 0. The molecule has 8 nitrogen and oxygen atoms in total. The highest BCUT2D eigenvalue weighted by molar-refractivity contribution is 6.16. The largest absolute Gasteiger partial charge is 0.493 e. The molecule has 0 amide bonds. The monoisotopic (exact) mass is 538 g/mol. The molecule has 0 atom stereocenters. The van der Waals surface area contributed by atoms with Crippen LogP contribution >= 0.6 is 0 Å². The molecule has 0 radical (unpaired) electrons. The van der Waals surface area contributed by atoms with E-state index >= 15 is 0 Å². The van der Waals surface area contributed by atoms with Crippen LogP contribution in [-0.4, -0.2) is 90.1 Å². The van der Waals surface area contributed by atoms with E-state index in [0.717, 1.165) is 24.2 Å². The molecule has 0 aromatic heterocycles. The first-order chi connectivity index (χ1) is 18.5. The van der Waals surface area contributed by atoms with Crippen LogP contribution in [0.3, 0.4) is 0 Å². The van der Waals surface area contributed by atoms with Crippen LogP contribution in [0.4, 0.5) is 0 Å². The van der Waals surface area contributed by atoms with Gasteiger partial charge < -0.3 is 28.7 Å². The van der Waals surface area contributed by atoms with Crippen molar-refractivity contribution in [2.75, 3.05) is 68.7 Å². The molecule has 0 aliphatic heterocycles. The highest BCUT2D eigenvalue weighted by Gasteiger charge is 2.32. The maximum atomic E-state index is 13.0. The molecule has 39 heavy (non-hydrogen) atoms. The average molecular weight is 539 g/mol. The van der Waals surface area contributed by atoms with E-state index in [0.29, 0.717) is 36.2 Å². The lowest BCUT2D eigenvalue weighted by atomic mass is 9.82. The quantitative estimate of drug-likeness (QED) is 0.229. The lowest BCUT2D eigenvalue weighted by molar-refractivity contribution is -0.132. The number of hydrogen-bond acceptors (Lipinski definition) is 8. The number of rotatable bonds is 16. The fraction of sp³-hybridized carbons (Fsp3) is 0.419. The predicted molar refractivity (Wildman–Crippen MR) is 156 cm³/mol. The van der Waals surface area contributed by atoms with E-state index in [9.17, 15) is 9.59 Å². The highest BCUT2D eigenvalue weighted by atomic mass is 16.5. The Hall–Kier alpha value is -3.62. The summed E-state index contributed by atoms with van der Waals surface area (Å²) in [5.41, 5.74) is 0.295. The molecule has 0 unspecified atom stereocenters. The Bertz CT molecular complexity index is 1080. The summed E-state index contributed by atoms with van der Waals surface area (Å²) >= 11 is 0. The summed E-state index contributed by atoms with van der Waals surface area (Å²) in [6.07, 6.45) is 6.20. The minimum absolute atomic E-state index is 0.301. The van der Waals surface area contributed by atoms with Crippen molar-refractivity contribution in [2.45, 2.75) is 13.8 Å². The number of benzene rings is 2. The van der Waals surface area contributed by atoms with Gasteiger partial charge in [0.25, 0.3) is 0 Å². The van der Waals surface area contributed by atoms with Gasteiger partial charge in [-0.25, -0.2) is 0 Å². The predicted octanol–water partition coefficient (Wildman–Crippen LogP) is 4.48. The molecule has 0 saturated carbocycles. The van der Waals surface area contributed by atoms with Crippen molar-refractivity contribution in [3.05, 3.63) is 59.7 Å². The van der Waals surface area contributed by atoms with Gasteiger partial charge in [-0.05, 0) is 89.6 Å². The molecule has 0 aliphatic carbocycles. The second-order valence-electron chi connectivity index (χ2n) is 10.1. The number of ether oxygens (including phenoxy) is 4. The van der Waals surface area contributed by atoms with E-state index in [1.54, 1.807) is 52.4 Å². The Morgan fingerprint density at radius 3 is 1.41 bits per heavy atom. The molecule has 0 aliphatic rings. The van der Waals surface area contributed by atoms with Crippen LogP contribution in [0, 0.1) is 5.41 Å². The summed E-state index contributed by atoms with van der Waals surface area (Å²) in [4.78, 5) is 30.0. The maximum absolute atomic E-state index is 13.0. The van der Waals surface area contributed by atoms with Crippen molar-refractivity contribution >= 4 is 23.7 Å². The number of ketones is 2. The first-order valence-corrected chi connectivity index (χ1v) is 12.8. The first kappa shape index (κ1) is 31.6. The molecule has 0 bridgehead atoms. The molecule has 0 saturated heterocycles. The first-order valence-electron chi connectivity index (χ1n) is 12.8. The van der Waals surface area contributed by atoms with Crippen LogP contribution in [0.1, 0.15) is 25.0 Å². The van der Waals surface area contributed by atoms with Gasteiger partial charge in [0.2, 0.25) is 0 Å². The molecule has 2 rings (SSSR count). The average Bonchev–Trinajstić information content (AvgIpc) is 2.90. The summed E-state index contributed by atoms with van der Waals surface area (Å²) in [7, 11) is 11.1. The maximum Gasteiger partial charge on any atom is 0.169 e. The van der Waals surface area contributed by atoms with Gasteiger partial charge in [-0.15, -0.1) is 0 Å². The van der Waals surface area contributed by atoms with E-state index < -0.39 is 5.41 Å². The number of likely N-dealkylation sites (N-methyl/N-ethyl adjacent to an activating group) is 2. The lowest BCUT2D eigenvalue weighted by Crippen LogP contribution is -2.30. The standard InChI is InChI=1S/C31H42N2O6/c1-31(2,29(34)15-11-23-9-13-25(27(21-23)36-7)38-19-17-32(3)4)30(35)16-12-24-10-14-26(28(22-24)37-8)39-20-18-33(5)6/h9-16,21-22H,17-20H2,1-8H3/b15-11+,16-12+. The topological polar surface area (TPSA) is 77.5 Å². The van der Waals surface area contributed by atoms with Gasteiger partial charge >= 0.3 is 0 Å². The van der Waals surface area contributed by atoms with Crippen LogP contribution in [-0.2, 0) is 9.59 Å². The Morgan fingerprint density at radius 1 is 0.692 bits per heavy atom. The number of nitrogens with zero attached hydrogens (tertiary/aromatic N) is 2. The highest BCUT2D eigenvalue weighted by Crippen LogP contribution is 2.30. The van der Waals surface area contributed by atoms with E-state index in [2.05, 4.69) is 0 Å². The minimum Gasteiger partial charge on any atom is -0.493 e. The van der Waals surface area contributed by atoms with Crippen molar-refractivity contribution < 1.29 is 28.5 Å². The second kappa shape index (κ2) is 15.1. The normalized spacial score (nSPS) is 11.9. The molecule has 0 fully saturated rings. The Labute approximate surface area is 232 Å². The molecule has 2 aromatic carbocycles. The zero-order valence-corrected chi connectivity index (χ0v) is 24.4. The van der Waals surface area contributed by atoms with E-state index in [1.165, 1.54) is 12.2 Å². The van der Waals surface area contributed by atoms with Crippen LogP contribution in [0.15, 0.2) is 48.6 Å². The van der Waals surface area contributed by atoms with Gasteiger partial charge in [-0.2, -0.15) is 0 Å². The third-order valence-corrected chi connectivity index (χ3v) is 6.05. The number of carbonyl (C=O) groups is 2. The number of allylic oxidation sites excluding steroid dienone is 2. The second-order valence-corrected chi connectivity index (χ2v) is 10.1. The van der Waals surface area contributed by atoms with Gasteiger partial charge in [0.1, 0.15) is 13.2 Å². The molecule has 8 heteroatoms. The van der Waals surface area contributed by atoms with Gasteiger partial charge in [0.15, 0.2) is 34.6 Å².